The van der Waals surface area contributed by atoms with Crippen LogP contribution in [0, 0.1) is 0 Å². The Bertz CT molecular complexity index is 1670. The molecule has 6 rings (SSSR count). The molecule has 11 nitrogen and oxygen atoms in total. The van der Waals surface area contributed by atoms with Gasteiger partial charge in [-0.05, 0) is 43.4 Å². The number of ether oxygens (including phenoxy) is 3. The lowest BCUT2D eigenvalue weighted by molar-refractivity contribution is 0.391. The van der Waals surface area contributed by atoms with Gasteiger partial charge in [0.1, 0.15) is 22.8 Å². The Balaban J connectivity index is 1.35. The van der Waals surface area contributed by atoms with Crippen LogP contribution in [0.25, 0.3) is 16.6 Å². The monoisotopic (exact) mass is 574 g/mol. The number of aromatic nitrogens is 6. The molecule has 12 heteroatoms. The highest BCUT2D eigenvalue weighted by molar-refractivity contribution is 7.97. The first-order valence-electron chi connectivity index (χ1n) is 13.6. The predicted molar refractivity (Wildman–Crippen MR) is 162 cm³/mol. The summed E-state index contributed by atoms with van der Waals surface area (Å²) in [7, 11) is 4.95. The van der Waals surface area contributed by atoms with Crippen LogP contribution >= 0.6 is 11.8 Å². The third kappa shape index (κ3) is 5.31. The van der Waals surface area contributed by atoms with Gasteiger partial charge in [-0.15, -0.1) is 16.9 Å². The Labute approximate surface area is 242 Å². The van der Waals surface area contributed by atoms with Gasteiger partial charge in [-0.3, -0.25) is 4.68 Å². The highest BCUT2D eigenvalue weighted by Crippen LogP contribution is 2.33. The molecule has 1 aliphatic heterocycles. The molecule has 214 valence electrons. The van der Waals surface area contributed by atoms with Crippen molar-refractivity contribution in [2.24, 2.45) is 0 Å². The maximum Gasteiger partial charge on any atom is 0.226 e. The zero-order valence-corrected chi connectivity index (χ0v) is 24.5. The minimum atomic E-state index is 0.183. The number of thioether (sulfide) groups is 1. The van der Waals surface area contributed by atoms with E-state index in [0.717, 1.165) is 76.9 Å². The van der Waals surface area contributed by atoms with E-state index in [9.17, 15) is 0 Å². The van der Waals surface area contributed by atoms with Gasteiger partial charge in [0.15, 0.2) is 11.5 Å². The predicted octanol–water partition coefficient (Wildman–Crippen LogP) is 4.82. The Hall–Kier alpha value is -4.19. The molecule has 2 aromatic carbocycles. The molecule has 0 spiro atoms. The Morgan fingerprint density at radius 3 is 2.73 bits per heavy atom. The van der Waals surface area contributed by atoms with E-state index >= 15 is 0 Å². The van der Waals surface area contributed by atoms with Crippen LogP contribution in [-0.4, -0.2) is 70.0 Å². The normalized spacial score (nSPS) is 15.4. The molecule has 41 heavy (non-hydrogen) atoms. The van der Waals surface area contributed by atoms with E-state index in [0.29, 0.717) is 18.2 Å². The summed E-state index contributed by atoms with van der Waals surface area (Å²) in [5, 5.41) is 13.9. The van der Waals surface area contributed by atoms with Crippen molar-refractivity contribution in [2.75, 3.05) is 50.9 Å². The van der Waals surface area contributed by atoms with Gasteiger partial charge in [0, 0.05) is 48.8 Å². The van der Waals surface area contributed by atoms with Crippen LogP contribution in [0.4, 0.5) is 11.6 Å². The first-order chi connectivity index (χ1) is 20.1. The van der Waals surface area contributed by atoms with Gasteiger partial charge in [-0.25, -0.2) is 9.97 Å². The van der Waals surface area contributed by atoms with Crippen LogP contribution in [0.5, 0.6) is 17.2 Å². The summed E-state index contributed by atoms with van der Waals surface area (Å²) in [5.74, 6) is 4.57. The van der Waals surface area contributed by atoms with Crippen molar-refractivity contribution in [1.82, 2.24) is 29.4 Å². The van der Waals surface area contributed by atoms with E-state index in [1.165, 1.54) is 0 Å². The summed E-state index contributed by atoms with van der Waals surface area (Å²) in [6.07, 6.45) is 8.23. The number of fused-ring (bicyclic) bond motifs is 3. The molecule has 0 unspecified atom stereocenters. The van der Waals surface area contributed by atoms with Gasteiger partial charge in [-0.2, -0.15) is 9.61 Å². The molecule has 1 N–H and O–H groups in total. The first-order valence-corrected chi connectivity index (χ1v) is 15.0. The van der Waals surface area contributed by atoms with Crippen LogP contribution < -0.4 is 24.4 Å². The molecule has 1 atom stereocenters. The first kappa shape index (κ1) is 27.0. The summed E-state index contributed by atoms with van der Waals surface area (Å²) in [4.78, 5) is 12.4. The standard InChI is InChI=1S/C29H34N8O3S/c1-38-22-11-10-19(25(13-22)40-3)14-30-29-32-26-23(8-5-9-24(26)39-2)28-33-27(34-37(28)29)20-7-6-12-35(16-20)21-15-31-36(17-21)18-41-4/h5,8-11,13,15,17,20H,6-7,12,14,16,18H2,1-4H3,(H,30,32)/t20-/m1/s1. The van der Waals surface area contributed by atoms with Gasteiger partial charge >= 0.3 is 0 Å². The Morgan fingerprint density at radius 1 is 1.05 bits per heavy atom. The lowest BCUT2D eigenvalue weighted by Crippen LogP contribution is -2.34. The third-order valence-electron chi connectivity index (χ3n) is 7.47. The van der Waals surface area contributed by atoms with Gasteiger partial charge in [0.25, 0.3) is 0 Å². The number of piperidine rings is 1. The van der Waals surface area contributed by atoms with E-state index in [2.05, 4.69) is 27.8 Å². The maximum atomic E-state index is 5.66. The topological polar surface area (TPSA) is 104 Å². The van der Waals surface area contributed by atoms with Crippen molar-refractivity contribution >= 4 is 39.9 Å². The number of benzene rings is 2. The number of nitrogens with one attached hydrogen (secondary N) is 1. The lowest BCUT2D eigenvalue weighted by atomic mass is 9.97. The van der Waals surface area contributed by atoms with Crippen LogP contribution in [-0.2, 0) is 12.4 Å². The van der Waals surface area contributed by atoms with E-state index in [-0.39, 0.29) is 5.92 Å². The van der Waals surface area contributed by atoms with E-state index in [1.54, 1.807) is 33.1 Å². The molecule has 0 aliphatic carbocycles. The fraction of sp³-hybridized carbons (Fsp3) is 0.379. The zero-order valence-electron chi connectivity index (χ0n) is 23.7. The summed E-state index contributed by atoms with van der Waals surface area (Å²) >= 11 is 1.75. The van der Waals surface area contributed by atoms with Crippen molar-refractivity contribution in [1.29, 1.82) is 0 Å². The number of hydrogen-bond donors (Lipinski definition) is 1. The van der Waals surface area contributed by atoms with E-state index in [1.807, 2.05) is 51.8 Å². The van der Waals surface area contributed by atoms with Gasteiger partial charge in [0.2, 0.25) is 5.95 Å². The quantitative estimate of drug-likeness (QED) is 0.250. The summed E-state index contributed by atoms with van der Waals surface area (Å²) < 4.78 is 20.4. The summed E-state index contributed by atoms with van der Waals surface area (Å²) in [6, 6.07) is 11.7. The number of para-hydroxylation sites is 1. The Morgan fingerprint density at radius 2 is 1.93 bits per heavy atom. The maximum absolute atomic E-state index is 5.66. The molecular formula is C29H34N8O3S. The number of nitrogens with zero attached hydrogens (tertiary/aromatic N) is 7. The number of methoxy groups -OCH3 is 3. The van der Waals surface area contributed by atoms with Crippen LogP contribution in [0.15, 0.2) is 48.8 Å². The summed E-state index contributed by atoms with van der Waals surface area (Å²) in [6.45, 7) is 2.30. The second kappa shape index (κ2) is 11.7. The number of rotatable bonds is 10. The Kier molecular flexibility index (Phi) is 7.73. The molecule has 5 aromatic rings. The van der Waals surface area contributed by atoms with E-state index < -0.39 is 0 Å². The van der Waals surface area contributed by atoms with Crippen molar-refractivity contribution in [3.8, 4) is 17.2 Å². The molecule has 1 aliphatic rings. The second-order valence-electron chi connectivity index (χ2n) is 9.97. The number of anilines is 2. The van der Waals surface area contributed by atoms with Crippen molar-refractivity contribution < 1.29 is 14.2 Å². The molecular weight excluding hydrogens is 540 g/mol. The largest absolute Gasteiger partial charge is 0.497 e. The molecule has 0 bridgehead atoms. The highest BCUT2D eigenvalue weighted by atomic mass is 32.2. The van der Waals surface area contributed by atoms with Crippen LogP contribution in [0.3, 0.4) is 0 Å². The SMILES string of the molecule is COc1ccc(CNc2nc3c(OC)cccc3c3nc([C@@H]4CCCN(c5cnn(CSC)c5)C4)nn23)c(OC)c1. The van der Waals surface area contributed by atoms with Crippen molar-refractivity contribution in [3.05, 3.63) is 60.2 Å². The molecule has 1 fully saturated rings. The van der Waals surface area contributed by atoms with Gasteiger partial charge in [0.05, 0.1) is 39.1 Å². The smallest absolute Gasteiger partial charge is 0.226 e. The van der Waals surface area contributed by atoms with Gasteiger partial charge in [-0.1, -0.05) is 6.07 Å². The third-order valence-corrected chi connectivity index (χ3v) is 7.99. The minimum absolute atomic E-state index is 0.183. The van der Waals surface area contributed by atoms with Crippen LogP contribution in [0.2, 0.25) is 0 Å². The van der Waals surface area contributed by atoms with E-state index in [4.69, 9.17) is 29.3 Å². The fourth-order valence-electron chi connectivity index (χ4n) is 5.39. The summed E-state index contributed by atoms with van der Waals surface area (Å²) in [5.41, 5.74) is 3.59. The van der Waals surface area contributed by atoms with Crippen molar-refractivity contribution in [3.63, 3.8) is 0 Å². The molecule has 0 amide bonds. The molecule has 4 heterocycles. The van der Waals surface area contributed by atoms with Crippen molar-refractivity contribution in [2.45, 2.75) is 31.2 Å². The average molecular weight is 575 g/mol. The second-order valence-corrected chi connectivity index (χ2v) is 10.8. The van der Waals surface area contributed by atoms with Crippen LogP contribution in [0.1, 0.15) is 30.1 Å². The molecule has 1 saturated heterocycles. The molecule has 0 saturated carbocycles. The average Bonchev–Trinajstić information content (AvgIpc) is 3.68. The van der Waals surface area contributed by atoms with Gasteiger partial charge < -0.3 is 24.4 Å². The molecule has 3 aromatic heterocycles. The molecule has 0 radical (unpaired) electrons. The minimum Gasteiger partial charge on any atom is -0.497 e. The fourth-order valence-corrected chi connectivity index (χ4v) is 5.79. The highest BCUT2D eigenvalue weighted by Gasteiger charge is 2.27. The number of hydrogen-bond acceptors (Lipinski definition) is 10. The zero-order chi connectivity index (χ0) is 28.3. The lowest BCUT2D eigenvalue weighted by Gasteiger charge is -2.32.